The molecule has 0 fully saturated rings. The van der Waals surface area contributed by atoms with E-state index in [1.165, 1.54) is 0 Å². The van der Waals surface area contributed by atoms with Gasteiger partial charge in [-0.2, -0.15) is 0 Å². The summed E-state index contributed by atoms with van der Waals surface area (Å²) in [6, 6.07) is 6.89. The molecule has 0 unspecified atom stereocenters. The fourth-order valence-corrected chi connectivity index (χ4v) is 0.898. The molecule has 0 atom stereocenters. The third kappa shape index (κ3) is 1.88. The Bertz CT molecular complexity index is 226. The molecule has 10 heavy (non-hydrogen) atoms. The van der Waals surface area contributed by atoms with E-state index < -0.39 is 0 Å². The van der Waals surface area contributed by atoms with Crippen molar-refractivity contribution in [2.45, 2.75) is 0 Å². The normalized spacial score (nSPS) is 10.5. The quantitative estimate of drug-likeness (QED) is 0.735. The van der Waals surface area contributed by atoms with Gasteiger partial charge in [-0.05, 0) is 39.7 Å². The van der Waals surface area contributed by atoms with Crippen molar-refractivity contribution in [1.82, 2.24) is 0 Å². The van der Waals surface area contributed by atoms with E-state index in [4.69, 9.17) is 5.11 Å². The van der Waals surface area contributed by atoms with Crippen LogP contribution in [0.4, 0.5) is 0 Å². The molecule has 0 saturated carbocycles. The highest BCUT2D eigenvalue weighted by Crippen LogP contribution is 2.10. The van der Waals surface area contributed by atoms with Crippen LogP contribution in [0.5, 0.6) is 5.75 Å². The van der Waals surface area contributed by atoms with E-state index in [0.29, 0.717) is 0 Å². The SMILES string of the molecule is Oc1ccc(/C=[C]\Br)cc1. The highest BCUT2D eigenvalue weighted by Gasteiger charge is 1.85. The molecule has 0 aliphatic rings. The van der Waals surface area contributed by atoms with Gasteiger partial charge >= 0.3 is 0 Å². The van der Waals surface area contributed by atoms with Gasteiger partial charge in [-0.25, -0.2) is 0 Å². The molecule has 1 N–H and O–H groups in total. The lowest BCUT2D eigenvalue weighted by Gasteiger charge is -1.91. The topological polar surface area (TPSA) is 20.2 Å². The molecule has 0 aliphatic heterocycles. The number of benzene rings is 1. The van der Waals surface area contributed by atoms with Gasteiger partial charge < -0.3 is 5.11 Å². The van der Waals surface area contributed by atoms with Crippen molar-refractivity contribution in [3.63, 3.8) is 0 Å². The van der Waals surface area contributed by atoms with E-state index in [-0.39, 0.29) is 5.75 Å². The van der Waals surface area contributed by atoms with Gasteiger partial charge in [0.1, 0.15) is 5.75 Å². The molecule has 0 spiro atoms. The minimum Gasteiger partial charge on any atom is -0.508 e. The fourth-order valence-electron chi connectivity index (χ4n) is 0.634. The molecule has 0 amide bonds. The lowest BCUT2D eigenvalue weighted by atomic mass is 10.2. The van der Waals surface area contributed by atoms with Crippen molar-refractivity contribution >= 4 is 22.0 Å². The summed E-state index contributed by atoms with van der Waals surface area (Å²) in [6.07, 6.45) is 1.78. The second kappa shape index (κ2) is 3.42. The van der Waals surface area contributed by atoms with Crippen LogP contribution in [-0.2, 0) is 0 Å². The minimum atomic E-state index is 0.284. The summed E-state index contributed by atoms with van der Waals surface area (Å²) >= 11 is 3.04. The maximum atomic E-state index is 8.88. The number of aromatic hydroxyl groups is 1. The van der Waals surface area contributed by atoms with Gasteiger partial charge in [0, 0.05) is 4.99 Å². The van der Waals surface area contributed by atoms with Crippen LogP contribution in [0.2, 0.25) is 0 Å². The van der Waals surface area contributed by atoms with Crippen molar-refractivity contribution in [2.75, 3.05) is 0 Å². The summed E-state index contributed by atoms with van der Waals surface area (Å²) in [5, 5.41) is 8.88. The zero-order chi connectivity index (χ0) is 7.40. The van der Waals surface area contributed by atoms with Gasteiger partial charge in [-0.1, -0.05) is 12.1 Å². The molecule has 1 aromatic carbocycles. The first-order valence-electron chi connectivity index (χ1n) is 2.81. The number of rotatable bonds is 1. The molecule has 0 aromatic heterocycles. The van der Waals surface area contributed by atoms with Crippen molar-refractivity contribution < 1.29 is 5.11 Å². The lowest BCUT2D eigenvalue weighted by molar-refractivity contribution is 0.475. The molecule has 51 valence electrons. The predicted octanol–water partition coefficient (Wildman–Crippen LogP) is 2.56. The van der Waals surface area contributed by atoms with E-state index in [1.54, 1.807) is 18.2 Å². The number of phenolic OH excluding ortho intramolecular Hbond substituents is 1. The molecule has 0 saturated heterocycles. The first kappa shape index (κ1) is 7.35. The second-order valence-electron chi connectivity index (χ2n) is 1.84. The summed E-state index contributed by atoms with van der Waals surface area (Å²) in [5.41, 5.74) is 1.01. The Labute approximate surface area is 68.1 Å². The maximum Gasteiger partial charge on any atom is 0.115 e. The standard InChI is InChI=1S/C8H6BrO/c9-6-5-7-1-3-8(10)4-2-7/h1-5,10H. The minimum absolute atomic E-state index is 0.284. The van der Waals surface area contributed by atoms with Crippen LogP contribution in [0, 0.1) is 4.99 Å². The van der Waals surface area contributed by atoms with E-state index >= 15 is 0 Å². The van der Waals surface area contributed by atoms with Gasteiger partial charge in [-0.15, -0.1) is 0 Å². The monoisotopic (exact) mass is 197 g/mol. The van der Waals surface area contributed by atoms with Crippen LogP contribution < -0.4 is 0 Å². The highest BCUT2D eigenvalue weighted by atomic mass is 79.9. The molecular formula is C8H6BrO. The largest absolute Gasteiger partial charge is 0.508 e. The van der Waals surface area contributed by atoms with Crippen LogP contribution >= 0.6 is 15.9 Å². The van der Waals surface area contributed by atoms with Crippen LogP contribution in [0.15, 0.2) is 24.3 Å². The predicted molar refractivity (Wildman–Crippen MR) is 44.7 cm³/mol. The van der Waals surface area contributed by atoms with Crippen molar-refractivity contribution in [2.24, 2.45) is 0 Å². The van der Waals surface area contributed by atoms with Gasteiger partial charge in [0.05, 0.1) is 0 Å². The van der Waals surface area contributed by atoms with E-state index in [9.17, 15) is 0 Å². The van der Waals surface area contributed by atoms with Crippen molar-refractivity contribution in [3.8, 4) is 5.75 Å². The Hall–Kier alpha value is -0.760. The molecule has 0 aliphatic carbocycles. The van der Waals surface area contributed by atoms with Crippen LogP contribution in [-0.4, -0.2) is 5.11 Å². The first-order valence-corrected chi connectivity index (χ1v) is 3.60. The summed E-state index contributed by atoms with van der Waals surface area (Å²) in [5.74, 6) is 0.284. The highest BCUT2D eigenvalue weighted by molar-refractivity contribution is 9.10. The Morgan fingerprint density at radius 3 is 2.40 bits per heavy atom. The Morgan fingerprint density at radius 2 is 1.90 bits per heavy atom. The summed E-state index contributed by atoms with van der Waals surface area (Å²) in [7, 11) is 0. The molecule has 0 heterocycles. The van der Waals surface area contributed by atoms with E-state index in [1.807, 2.05) is 12.1 Å². The number of halogens is 1. The van der Waals surface area contributed by atoms with Crippen LogP contribution in [0.25, 0.3) is 6.08 Å². The number of hydrogen-bond donors (Lipinski definition) is 1. The van der Waals surface area contributed by atoms with Gasteiger partial charge in [0.25, 0.3) is 0 Å². The fraction of sp³-hybridized carbons (Fsp3) is 0. The average Bonchev–Trinajstić information content (AvgIpc) is 1.95. The molecular weight excluding hydrogens is 192 g/mol. The smallest absolute Gasteiger partial charge is 0.115 e. The second-order valence-corrected chi connectivity index (χ2v) is 2.30. The van der Waals surface area contributed by atoms with Crippen molar-refractivity contribution in [3.05, 3.63) is 34.8 Å². The molecule has 1 aromatic rings. The lowest BCUT2D eigenvalue weighted by Crippen LogP contribution is -1.68. The Kier molecular flexibility index (Phi) is 2.51. The van der Waals surface area contributed by atoms with E-state index in [2.05, 4.69) is 20.9 Å². The molecule has 0 bridgehead atoms. The Morgan fingerprint density at radius 1 is 1.30 bits per heavy atom. The third-order valence-corrected chi connectivity index (χ3v) is 1.34. The zero-order valence-corrected chi connectivity index (χ0v) is 6.80. The molecule has 1 nitrogen and oxygen atoms in total. The number of hydrogen-bond acceptors (Lipinski definition) is 1. The first-order chi connectivity index (χ1) is 4.83. The maximum absolute atomic E-state index is 8.88. The molecule has 2 heteroatoms. The zero-order valence-electron chi connectivity index (χ0n) is 5.21. The molecule has 1 radical (unpaired) electrons. The summed E-state index contributed by atoms with van der Waals surface area (Å²) in [4.78, 5) is 2.71. The van der Waals surface area contributed by atoms with Crippen LogP contribution in [0.3, 0.4) is 0 Å². The van der Waals surface area contributed by atoms with Gasteiger partial charge in [0.15, 0.2) is 0 Å². The van der Waals surface area contributed by atoms with Crippen LogP contribution in [0.1, 0.15) is 5.56 Å². The van der Waals surface area contributed by atoms with E-state index in [0.717, 1.165) is 5.56 Å². The number of phenols is 1. The van der Waals surface area contributed by atoms with Gasteiger partial charge in [-0.3, -0.25) is 0 Å². The molecule has 1 rings (SSSR count). The third-order valence-electron chi connectivity index (χ3n) is 1.11. The summed E-state index contributed by atoms with van der Waals surface area (Å²) in [6.45, 7) is 0. The summed E-state index contributed by atoms with van der Waals surface area (Å²) < 4.78 is 0. The Balaban J connectivity index is 2.89. The van der Waals surface area contributed by atoms with Crippen molar-refractivity contribution in [1.29, 1.82) is 0 Å². The van der Waals surface area contributed by atoms with Gasteiger partial charge in [0.2, 0.25) is 0 Å². The average molecular weight is 198 g/mol.